The van der Waals surface area contributed by atoms with Crippen LogP contribution < -0.4 is 11.3 Å². The van der Waals surface area contributed by atoms with Crippen molar-refractivity contribution in [1.29, 1.82) is 0 Å². The molecule has 0 amide bonds. The fourth-order valence-electron chi connectivity index (χ4n) is 4.52. The van der Waals surface area contributed by atoms with Crippen LogP contribution in [-0.2, 0) is 15.6 Å². The number of rotatable bonds is 7. The van der Waals surface area contributed by atoms with E-state index in [1.54, 1.807) is 6.33 Å². The summed E-state index contributed by atoms with van der Waals surface area (Å²) in [6.45, 7) is 13.4. The van der Waals surface area contributed by atoms with Crippen LogP contribution in [0, 0.1) is 5.92 Å². The Labute approximate surface area is 202 Å². The minimum absolute atomic E-state index is 0.0280. The topological polar surface area (TPSA) is 108 Å². The second-order valence-corrected chi connectivity index (χ2v) is 15.5. The lowest BCUT2D eigenvalue weighted by molar-refractivity contribution is -0.0321. The second-order valence-electron chi connectivity index (χ2n) is 10.8. The van der Waals surface area contributed by atoms with Crippen LogP contribution in [0.2, 0.25) is 18.1 Å². The first-order chi connectivity index (χ1) is 16.0. The summed E-state index contributed by atoms with van der Waals surface area (Å²) in [4.78, 5) is 23.6. The number of aryl methyl sites for hydroxylation is 1. The van der Waals surface area contributed by atoms with Crippen LogP contribution in [0.25, 0.3) is 11.2 Å². The molecule has 0 bridgehead atoms. The number of benzene rings is 1. The Bertz CT molecular complexity index is 1180. The number of H-pyrrole nitrogens is 1. The van der Waals surface area contributed by atoms with E-state index < -0.39 is 14.5 Å². The first kappa shape index (κ1) is 24.6. The molecule has 1 aliphatic rings. The highest BCUT2D eigenvalue weighted by Gasteiger charge is 2.50. The Morgan fingerprint density at radius 3 is 2.59 bits per heavy atom. The lowest BCUT2D eigenvalue weighted by atomic mass is 9.90. The molecule has 8 nitrogen and oxygen atoms in total. The Hall–Kier alpha value is -2.49. The van der Waals surface area contributed by atoms with Gasteiger partial charge in [-0.15, -0.1) is 0 Å². The Kier molecular flexibility index (Phi) is 6.72. The van der Waals surface area contributed by atoms with Gasteiger partial charge in [-0.25, -0.2) is 4.98 Å². The molecule has 34 heavy (non-hydrogen) atoms. The standard InChI is InChI=1S/C25H37N5O3Si/c1-7-18-17(14-13-16-11-9-8-10-12-16)20(33-34(5,6)25(2,3)4)23(32-18)30-15-27-19-21(30)28-24(26)29-22(19)31/h8-12,15,17-18,20,23H,7,13-14H2,1-6H3,(H3,26,28,29,31)/t17-,18+,20?,23+/m0/s1. The van der Waals surface area contributed by atoms with Crippen molar-refractivity contribution in [2.75, 3.05) is 5.73 Å². The number of nitrogen functional groups attached to an aromatic ring is 1. The first-order valence-corrected chi connectivity index (χ1v) is 15.0. The third-order valence-corrected chi connectivity index (χ3v) is 11.9. The minimum Gasteiger partial charge on any atom is -0.409 e. The molecular formula is C25H37N5O3Si. The molecule has 2 aromatic heterocycles. The Morgan fingerprint density at radius 2 is 1.94 bits per heavy atom. The molecule has 0 spiro atoms. The molecule has 0 saturated carbocycles. The zero-order valence-corrected chi connectivity index (χ0v) is 22.0. The van der Waals surface area contributed by atoms with Gasteiger partial charge in [-0.05, 0) is 43.0 Å². The highest BCUT2D eigenvalue weighted by atomic mass is 28.4. The summed E-state index contributed by atoms with van der Waals surface area (Å²) in [7, 11) is -2.13. The van der Waals surface area contributed by atoms with Crippen LogP contribution in [0.4, 0.5) is 5.95 Å². The largest absolute Gasteiger partial charge is 0.409 e. The van der Waals surface area contributed by atoms with E-state index in [-0.39, 0.29) is 40.2 Å². The molecule has 0 aliphatic carbocycles. The summed E-state index contributed by atoms with van der Waals surface area (Å²) in [5.74, 6) is 0.257. The molecule has 1 aliphatic heterocycles. The van der Waals surface area contributed by atoms with Gasteiger partial charge in [0.2, 0.25) is 5.95 Å². The van der Waals surface area contributed by atoms with Crippen LogP contribution in [0.1, 0.15) is 52.3 Å². The monoisotopic (exact) mass is 483 g/mol. The van der Waals surface area contributed by atoms with Crippen molar-refractivity contribution in [3.63, 3.8) is 0 Å². The minimum atomic E-state index is -2.13. The van der Waals surface area contributed by atoms with Crippen molar-refractivity contribution < 1.29 is 9.16 Å². The van der Waals surface area contributed by atoms with Crippen molar-refractivity contribution >= 4 is 25.4 Å². The number of nitrogens with zero attached hydrogens (tertiary/aromatic N) is 3. The van der Waals surface area contributed by atoms with Gasteiger partial charge in [0.1, 0.15) is 0 Å². The second kappa shape index (κ2) is 9.28. The van der Waals surface area contributed by atoms with E-state index in [9.17, 15) is 4.79 Å². The van der Waals surface area contributed by atoms with Crippen molar-refractivity contribution in [3.05, 3.63) is 52.6 Å². The highest BCUT2D eigenvalue weighted by Crippen LogP contribution is 2.46. The number of nitrogens with two attached hydrogens (primary N) is 1. The average molecular weight is 484 g/mol. The summed E-state index contributed by atoms with van der Waals surface area (Å²) in [6.07, 6.45) is 3.81. The molecule has 1 saturated heterocycles. The third-order valence-electron chi connectivity index (χ3n) is 7.47. The van der Waals surface area contributed by atoms with Crippen LogP contribution in [0.3, 0.4) is 0 Å². The molecule has 3 aromatic rings. The van der Waals surface area contributed by atoms with Crippen LogP contribution >= 0.6 is 0 Å². The molecule has 184 valence electrons. The quantitative estimate of drug-likeness (QED) is 0.474. The smallest absolute Gasteiger partial charge is 0.280 e. The van der Waals surface area contributed by atoms with E-state index in [1.165, 1.54) is 5.56 Å². The lowest BCUT2D eigenvalue weighted by Crippen LogP contribution is -2.47. The number of anilines is 1. The lowest BCUT2D eigenvalue weighted by Gasteiger charge is -2.41. The molecule has 4 rings (SSSR count). The third kappa shape index (κ3) is 4.69. The summed E-state index contributed by atoms with van der Waals surface area (Å²) in [5.41, 5.74) is 7.50. The van der Waals surface area contributed by atoms with Crippen molar-refractivity contribution in [2.45, 2.75) is 83.5 Å². The number of ether oxygens (including phenoxy) is 1. The van der Waals surface area contributed by atoms with Gasteiger partial charge in [-0.1, -0.05) is 58.0 Å². The molecule has 0 radical (unpaired) electrons. The molecule has 4 atom stereocenters. The Morgan fingerprint density at radius 1 is 1.24 bits per heavy atom. The number of nitrogens with one attached hydrogen (secondary N) is 1. The summed E-state index contributed by atoms with van der Waals surface area (Å²) in [5, 5.41) is 0.0443. The van der Waals surface area contributed by atoms with Crippen molar-refractivity contribution in [1.82, 2.24) is 19.5 Å². The fraction of sp³-hybridized carbons (Fsp3) is 0.560. The van der Waals surface area contributed by atoms with E-state index in [0.717, 1.165) is 19.3 Å². The summed E-state index contributed by atoms with van der Waals surface area (Å²) in [6, 6.07) is 10.5. The molecule has 1 aromatic carbocycles. The number of fused-ring (bicyclic) bond motifs is 1. The maximum Gasteiger partial charge on any atom is 0.280 e. The zero-order valence-electron chi connectivity index (χ0n) is 21.0. The van der Waals surface area contributed by atoms with Crippen molar-refractivity contribution in [3.8, 4) is 0 Å². The summed E-state index contributed by atoms with van der Waals surface area (Å²) < 4.78 is 15.5. The molecule has 1 fully saturated rings. The van der Waals surface area contributed by atoms with Gasteiger partial charge in [0, 0.05) is 5.92 Å². The Balaban J connectivity index is 1.74. The normalized spacial score (nSPS) is 23.6. The number of aromatic nitrogens is 4. The first-order valence-electron chi connectivity index (χ1n) is 12.1. The maximum atomic E-state index is 12.4. The SMILES string of the molecule is CC[C@H]1O[C@@H](n2cnc3c(=O)[nH]c(N)nc32)C(O[Si](C)(C)C(C)(C)C)[C@H]1CCc1ccccc1. The molecule has 3 heterocycles. The maximum absolute atomic E-state index is 12.4. The zero-order chi connectivity index (χ0) is 24.7. The van der Waals surface area contributed by atoms with E-state index >= 15 is 0 Å². The highest BCUT2D eigenvalue weighted by molar-refractivity contribution is 6.74. The number of aromatic amines is 1. The van der Waals surface area contributed by atoms with Crippen LogP contribution in [0.5, 0.6) is 0 Å². The van der Waals surface area contributed by atoms with Gasteiger partial charge in [-0.3, -0.25) is 14.3 Å². The van der Waals surface area contributed by atoms with Crippen molar-refractivity contribution in [2.24, 2.45) is 5.92 Å². The van der Waals surface area contributed by atoms with E-state index in [1.807, 2.05) is 10.6 Å². The van der Waals surface area contributed by atoms with Gasteiger partial charge in [0.15, 0.2) is 25.7 Å². The summed E-state index contributed by atoms with van der Waals surface area (Å²) >= 11 is 0. The fourth-order valence-corrected chi connectivity index (χ4v) is 5.85. The van der Waals surface area contributed by atoms with Gasteiger partial charge >= 0.3 is 0 Å². The predicted molar refractivity (Wildman–Crippen MR) is 137 cm³/mol. The van der Waals surface area contributed by atoms with Crippen LogP contribution in [0.15, 0.2) is 41.5 Å². The predicted octanol–water partition coefficient (Wildman–Crippen LogP) is 4.65. The number of hydrogen-bond acceptors (Lipinski definition) is 6. The number of imidazole rings is 1. The molecule has 1 unspecified atom stereocenters. The van der Waals surface area contributed by atoms with Crippen LogP contribution in [-0.4, -0.2) is 40.0 Å². The average Bonchev–Trinajstić information content (AvgIpc) is 3.33. The van der Waals surface area contributed by atoms with E-state index in [4.69, 9.17) is 14.9 Å². The van der Waals surface area contributed by atoms with Gasteiger partial charge in [0.25, 0.3) is 5.56 Å². The van der Waals surface area contributed by atoms with Gasteiger partial charge < -0.3 is 14.9 Å². The molecule has 3 N–H and O–H groups in total. The number of hydrogen-bond donors (Lipinski definition) is 2. The van der Waals surface area contributed by atoms with E-state index in [0.29, 0.717) is 5.65 Å². The van der Waals surface area contributed by atoms with Gasteiger partial charge in [-0.2, -0.15) is 4.98 Å². The van der Waals surface area contributed by atoms with Gasteiger partial charge in [0.05, 0.1) is 18.5 Å². The molecular weight excluding hydrogens is 446 g/mol. The van der Waals surface area contributed by atoms with E-state index in [2.05, 4.69) is 80.0 Å². The molecule has 9 heteroatoms.